The summed E-state index contributed by atoms with van der Waals surface area (Å²) in [5, 5.41) is 6.07. The van der Waals surface area contributed by atoms with E-state index in [0.717, 1.165) is 0 Å². The molecule has 2 aromatic carbocycles. The summed E-state index contributed by atoms with van der Waals surface area (Å²) in [4.78, 5) is 0.194. The first-order valence-electron chi connectivity index (χ1n) is 5.50. The van der Waals surface area contributed by atoms with Gasteiger partial charge in [0.15, 0.2) is 0 Å². The summed E-state index contributed by atoms with van der Waals surface area (Å²) in [6.07, 6.45) is 0. The number of halogens is 2. The molecular formula is C13H14Cl2N2O2S. The predicted molar refractivity (Wildman–Crippen MR) is 83.4 cm³/mol. The number of benzene rings is 2. The SMILES string of the molecule is Cc1ccccc1S(N)(=O)=O.Nc1cc(Cl)cc(Cl)c1. The van der Waals surface area contributed by atoms with Crippen molar-refractivity contribution in [2.24, 2.45) is 5.14 Å². The summed E-state index contributed by atoms with van der Waals surface area (Å²) in [6, 6.07) is 11.5. The number of sulfonamides is 1. The molecule has 0 radical (unpaired) electrons. The fourth-order valence-corrected chi connectivity index (χ4v) is 2.78. The van der Waals surface area contributed by atoms with Gasteiger partial charge in [0.2, 0.25) is 10.0 Å². The average Bonchev–Trinajstić information content (AvgIpc) is 2.26. The van der Waals surface area contributed by atoms with Crippen molar-refractivity contribution in [1.82, 2.24) is 0 Å². The fourth-order valence-electron chi connectivity index (χ4n) is 1.45. The lowest BCUT2D eigenvalue weighted by atomic mass is 10.2. The van der Waals surface area contributed by atoms with E-state index in [-0.39, 0.29) is 4.90 Å². The van der Waals surface area contributed by atoms with Gasteiger partial charge < -0.3 is 5.73 Å². The molecular weight excluding hydrogens is 319 g/mol. The first-order chi connectivity index (χ1) is 9.20. The third-order valence-electron chi connectivity index (χ3n) is 2.29. The second-order valence-electron chi connectivity index (χ2n) is 4.01. The van der Waals surface area contributed by atoms with E-state index in [4.69, 9.17) is 34.1 Å². The third kappa shape index (κ3) is 5.38. The molecule has 0 saturated heterocycles. The Hall–Kier alpha value is -1.27. The minimum atomic E-state index is -3.53. The third-order valence-corrected chi connectivity index (χ3v) is 3.79. The van der Waals surface area contributed by atoms with E-state index in [1.54, 1.807) is 43.3 Å². The summed E-state index contributed by atoms with van der Waals surface area (Å²) in [6.45, 7) is 1.71. The van der Waals surface area contributed by atoms with Gasteiger partial charge in [0.1, 0.15) is 0 Å². The van der Waals surface area contributed by atoms with E-state index in [2.05, 4.69) is 0 Å². The van der Waals surface area contributed by atoms with Crippen LogP contribution in [0.1, 0.15) is 5.56 Å². The minimum absolute atomic E-state index is 0.194. The number of anilines is 1. The van der Waals surface area contributed by atoms with Crippen molar-refractivity contribution in [2.75, 3.05) is 5.73 Å². The van der Waals surface area contributed by atoms with E-state index in [0.29, 0.717) is 21.3 Å². The van der Waals surface area contributed by atoms with Gasteiger partial charge in [0.05, 0.1) is 4.90 Å². The fraction of sp³-hybridized carbons (Fsp3) is 0.0769. The lowest BCUT2D eigenvalue weighted by Gasteiger charge is -2.00. The molecule has 4 N–H and O–H groups in total. The van der Waals surface area contributed by atoms with Crippen LogP contribution in [0.2, 0.25) is 10.0 Å². The average molecular weight is 333 g/mol. The van der Waals surface area contributed by atoms with Crippen molar-refractivity contribution >= 4 is 38.9 Å². The molecule has 4 nitrogen and oxygen atoms in total. The summed E-state index contributed by atoms with van der Waals surface area (Å²) in [7, 11) is -3.53. The molecule has 0 bridgehead atoms. The molecule has 108 valence electrons. The molecule has 0 amide bonds. The monoisotopic (exact) mass is 332 g/mol. The number of nitrogen functional groups attached to an aromatic ring is 1. The molecule has 0 heterocycles. The smallest absolute Gasteiger partial charge is 0.238 e. The Morgan fingerprint density at radius 3 is 1.85 bits per heavy atom. The maximum atomic E-state index is 10.8. The molecule has 2 aromatic rings. The molecule has 7 heteroatoms. The first kappa shape index (κ1) is 16.8. The number of nitrogens with two attached hydrogens (primary N) is 2. The van der Waals surface area contributed by atoms with Gasteiger partial charge in [-0.3, -0.25) is 0 Å². The van der Waals surface area contributed by atoms with Crippen LogP contribution in [0.15, 0.2) is 47.4 Å². The molecule has 0 aliphatic carbocycles. The molecule has 0 aliphatic heterocycles. The zero-order chi connectivity index (χ0) is 15.3. The van der Waals surface area contributed by atoms with Crippen LogP contribution in [0.25, 0.3) is 0 Å². The number of hydrogen-bond acceptors (Lipinski definition) is 3. The maximum Gasteiger partial charge on any atom is 0.238 e. The Morgan fingerprint density at radius 1 is 1.00 bits per heavy atom. The molecule has 0 fully saturated rings. The lowest BCUT2D eigenvalue weighted by Crippen LogP contribution is -2.13. The first-order valence-corrected chi connectivity index (χ1v) is 7.80. The molecule has 0 unspecified atom stereocenters. The topological polar surface area (TPSA) is 86.2 Å². The number of aryl methyl sites for hydroxylation is 1. The van der Waals surface area contributed by atoms with Crippen LogP contribution in [-0.4, -0.2) is 8.42 Å². The Bertz CT molecular complexity index is 653. The normalized spacial score (nSPS) is 10.6. The van der Waals surface area contributed by atoms with Crippen LogP contribution < -0.4 is 10.9 Å². The number of primary sulfonamides is 1. The summed E-state index contributed by atoms with van der Waals surface area (Å²) in [5.74, 6) is 0. The van der Waals surface area contributed by atoms with Crippen LogP contribution in [0.3, 0.4) is 0 Å². The Balaban J connectivity index is 0.000000204. The predicted octanol–water partition coefficient (Wildman–Crippen LogP) is 3.22. The van der Waals surface area contributed by atoms with Gasteiger partial charge in [-0.25, -0.2) is 13.6 Å². The highest BCUT2D eigenvalue weighted by Crippen LogP contribution is 2.19. The molecule has 0 atom stereocenters. The molecule has 20 heavy (non-hydrogen) atoms. The van der Waals surface area contributed by atoms with Crippen LogP contribution in [0, 0.1) is 6.92 Å². The van der Waals surface area contributed by atoms with Gasteiger partial charge in [0.25, 0.3) is 0 Å². The van der Waals surface area contributed by atoms with E-state index in [1.807, 2.05) is 0 Å². The standard InChI is InChI=1S/C7H9NO2S.C6H5Cl2N/c1-6-4-2-3-5-7(6)11(8,9)10;7-4-1-5(8)3-6(9)2-4/h2-5H,1H3,(H2,8,9,10);1-3H,9H2. The molecule has 0 saturated carbocycles. The second kappa shape index (κ2) is 6.95. The van der Waals surface area contributed by atoms with Crippen LogP contribution in [0.4, 0.5) is 5.69 Å². The van der Waals surface area contributed by atoms with E-state index >= 15 is 0 Å². The van der Waals surface area contributed by atoms with Gasteiger partial charge >= 0.3 is 0 Å². The second-order valence-corrected chi connectivity index (χ2v) is 6.42. The van der Waals surface area contributed by atoms with E-state index < -0.39 is 10.0 Å². The largest absolute Gasteiger partial charge is 0.399 e. The van der Waals surface area contributed by atoms with Gasteiger partial charge in [-0.15, -0.1) is 0 Å². The molecule has 0 aromatic heterocycles. The zero-order valence-corrected chi connectivity index (χ0v) is 13.0. The molecule has 0 aliphatic rings. The van der Waals surface area contributed by atoms with Gasteiger partial charge in [-0.1, -0.05) is 41.4 Å². The van der Waals surface area contributed by atoms with Crippen molar-refractivity contribution in [3.63, 3.8) is 0 Å². The van der Waals surface area contributed by atoms with Crippen molar-refractivity contribution in [3.8, 4) is 0 Å². The maximum absolute atomic E-state index is 10.8. The Labute approximate surface area is 128 Å². The van der Waals surface area contributed by atoms with Crippen LogP contribution in [0.5, 0.6) is 0 Å². The summed E-state index contributed by atoms with van der Waals surface area (Å²) >= 11 is 11.2. The van der Waals surface area contributed by atoms with E-state index in [1.165, 1.54) is 6.07 Å². The van der Waals surface area contributed by atoms with E-state index in [9.17, 15) is 8.42 Å². The Kier molecular flexibility index (Phi) is 5.83. The molecule has 0 spiro atoms. The van der Waals surface area contributed by atoms with Crippen molar-refractivity contribution in [1.29, 1.82) is 0 Å². The summed E-state index contributed by atoms with van der Waals surface area (Å²) < 4.78 is 21.7. The quantitative estimate of drug-likeness (QED) is 0.786. The molecule has 2 rings (SSSR count). The highest BCUT2D eigenvalue weighted by atomic mass is 35.5. The van der Waals surface area contributed by atoms with Crippen molar-refractivity contribution < 1.29 is 8.42 Å². The van der Waals surface area contributed by atoms with Crippen LogP contribution in [-0.2, 0) is 10.0 Å². The lowest BCUT2D eigenvalue weighted by molar-refractivity contribution is 0.597. The summed E-state index contributed by atoms with van der Waals surface area (Å²) in [5.41, 5.74) is 6.66. The van der Waals surface area contributed by atoms with Gasteiger partial charge in [0, 0.05) is 15.7 Å². The zero-order valence-electron chi connectivity index (χ0n) is 10.7. The number of hydrogen-bond donors (Lipinski definition) is 2. The van der Waals surface area contributed by atoms with Gasteiger partial charge in [-0.05, 0) is 36.8 Å². The van der Waals surface area contributed by atoms with Crippen molar-refractivity contribution in [2.45, 2.75) is 11.8 Å². The highest BCUT2D eigenvalue weighted by Gasteiger charge is 2.08. The van der Waals surface area contributed by atoms with Crippen LogP contribution >= 0.6 is 23.2 Å². The highest BCUT2D eigenvalue weighted by molar-refractivity contribution is 7.89. The number of rotatable bonds is 1. The van der Waals surface area contributed by atoms with Gasteiger partial charge in [-0.2, -0.15) is 0 Å². The Morgan fingerprint density at radius 2 is 1.50 bits per heavy atom. The van der Waals surface area contributed by atoms with Crippen molar-refractivity contribution in [3.05, 3.63) is 58.1 Å². The minimum Gasteiger partial charge on any atom is -0.399 e.